The Morgan fingerprint density at radius 3 is 2.24 bits per heavy atom. The summed E-state index contributed by atoms with van der Waals surface area (Å²) in [6.07, 6.45) is 1.55. The first-order valence-electron chi connectivity index (χ1n) is 5.84. The van der Waals surface area contributed by atoms with Gasteiger partial charge in [-0.25, -0.2) is 8.42 Å². The largest absolute Gasteiger partial charge is 0.744 e. The van der Waals surface area contributed by atoms with E-state index in [2.05, 4.69) is 10.5 Å². The van der Waals surface area contributed by atoms with Gasteiger partial charge in [-0.2, -0.15) is 10.4 Å². The Morgan fingerprint density at radius 1 is 1.10 bits per heavy atom. The first-order chi connectivity index (χ1) is 9.99. The smallest absolute Gasteiger partial charge is 0.124 e. The quantitative estimate of drug-likeness (QED) is 0.527. The summed E-state index contributed by atoms with van der Waals surface area (Å²) in [4.78, 5) is -0.288. The highest BCUT2D eigenvalue weighted by molar-refractivity contribution is 7.85. The van der Waals surface area contributed by atoms with Crippen LogP contribution in [0.25, 0.3) is 0 Å². The van der Waals surface area contributed by atoms with E-state index in [1.54, 1.807) is 30.5 Å². The molecule has 7 heteroatoms. The normalized spacial score (nSPS) is 11.2. The molecule has 2 aromatic carbocycles. The van der Waals surface area contributed by atoms with Crippen LogP contribution in [0.4, 0.5) is 5.69 Å². The molecule has 0 radical (unpaired) electrons. The van der Waals surface area contributed by atoms with Crippen molar-refractivity contribution in [2.45, 2.75) is 4.90 Å². The zero-order valence-electron chi connectivity index (χ0n) is 10.7. The molecule has 2 rings (SSSR count). The Hall–Kier alpha value is -2.69. The van der Waals surface area contributed by atoms with Crippen LogP contribution in [-0.4, -0.2) is 19.2 Å². The number of benzene rings is 2. The van der Waals surface area contributed by atoms with Crippen LogP contribution < -0.4 is 5.43 Å². The topological polar surface area (TPSA) is 105 Å². The van der Waals surface area contributed by atoms with E-state index in [4.69, 9.17) is 5.26 Å². The lowest BCUT2D eigenvalue weighted by Gasteiger charge is -2.07. The van der Waals surface area contributed by atoms with E-state index < -0.39 is 10.1 Å². The van der Waals surface area contributed by atoms with Gasteiger partial charge in [0, 0.05) is 0 Å². The van der Waals surface area contributed by atoms with Crippen LogP contribution in [0, 0.1) is 11.3 Å². The van der Waals surface area contributed by atoms with E-state index in [0.29, 0.717) is 11.3 Å². The fourth-order valence-corrected chi connectivity index (χ4v) is 1.99. The third-order valence-electron chi connectivity index (χ3n) is 2.59. The van der Waals surface area contributed by atoms with Crippen LogP contribution in [-0.2, 0) is 10.1 Å². The number of hydrogen-bond acceptors (Lipinski definition) is 6. The molecule has 0 amide bonds. The average Bonchev–Trinajstić information content (AvgIpc) is 2.47. The van der Waals surface area contributed by atoms with Crippen molar-refractivity contribution in [1.82, 2.24) is 0 Å². The summed E-state index contributed by atoms with van der Waals surface area (Å²) in [5.41, 5.74) is 4.63. The van der Waals surface area contributed by atoms with Gasteiger partial charge in [0.15, 0.2) is 0 Å². The SMILES string of the molecule is N#Cc1ccc(C=NNc2ccc(S(=O)(=O)[O-])cc2)cc1. The molecule has 0 saturated carbocycles. The lowest BCUT2D eigenvalue weighted by atomic mass is 10.2. The maximum Gasteiger partial charge on any atom is 0.124 e. The van der Waals surface area contributed by atoms with Crippen molar-refractivity contribution in [3.05, 3.63) is 59.7 Å². The molecule has 0 atom stereocenters. The van der Waals surface area contributed by atoms with Gasteiger partial charge in [0.2, 0.25) is 0 Å². The molecule has 106 valence electrons. The fraction of sp³-hybridized carbons (Fsp3) is 0. The molecule has 1 N–H and O–H groups in total. The van der Waals surface area contributed by atoms with Crippen molar-refractivity contribution in [3.63, 3.8) is 0 Å². The Bertz CT molecular complexity index is 789. The molecular formula is C14H10N3O3S-. The second-order valence-electron chi connectivity index (χ2n) is 4.08. The van der Waals surface area contributed by atoms with Crippen molar-refractivity contribution < 1.29 is 13.0 Å². The monoisotopic (exact) mass is 300 g/mol. The molecular weight excluding hydrogens is 290 g/mol. The number of hydrogen-bond donors (Lipinski definition) is 1. The van der Waals surface area contributed by atoms with Gasteiger partial charge in [-0.3, -0.25) is 5.43 Å². The molecule has 0 unspecified atom stereocenters. The summed E-state index contributed by atoms with van der Waals surface area (Å²) < 4.78 is 32.3. The van der Waals surface area contributed by atoms with Crippen LogP contribution in [0.15, 0.2) is 58.5 Å². The number of nitrogens with zero attached hydrogens (tertiary/aromatic N) is 2. The number of nitrogens with one attached hydrogen (secondary N) is 1. The Balaban J connectivity index is 2.02. The zero-order valence-corrected chi connectivity index (χ0v) is 11.5. The summed E-state index contributed by atoms with van der Waals surface area (Å²) >= 11 is 0. The van der Waals surface area contributed by atoms with Crippen molar-refractivity contribution in [1.29, 1.82) is 5.26 Å². The van der Waals surface area contributed by atoms with E-state index in [1.165, 1.54) is 24.3 Å². The average molecular weight is 300 g/mol. The highest BCUT2D eigenvalue weighted by Crippen LogP contribution is 2.13. The van der Waals surface area contributed by atoms with E-state index >= 15 is 0 Å². The lowest BCUT2D eigenvalue weighted by Crippen LogP contribution is -1.98. The van der Waals surface area contributed by atoms with Gasteiger partial charge < -0.3 is 4.55 Å². The van der Waals surface area contributed by atoms with Crippen molar-refractivity contribution in [3.8, 4) is 6.07 Å². The van der Waals surface area contributed by atoms with Crippen LogP contribution in [0.1, 0.15) is 11.1 Å². The first kappa shape index (κ1) is 14.7. The van der Waals surface area contributed by atoms with Gasteiger partial charge in [0.05, 0.1) is 28.4 Å². The summed E-state index contributed by atoms with van der Waals surface area (Å²) in [5, 5.41) is 12.6. The third kappa shape index (κ3) is 4.14. The number of hydrazone groups is 1. The van der Waals surface area contributed by atoms with E-state index in [1.807, 2.05) is 6.07 Å². The minimum Gasteiger partial charge on any atom is -0.744 e. The second-order valence-corrected chi connectivity index (χ2v) is 5.46. The van der Waals surface area contributed by atoms with Crippen LogP contribution >= 0.6 is 0 Å². The molecule has 0 aliphatic rings. The molecule has 0 fully saturated rings. The highest BCUT2D eigenvalue weighted by atomic mass is 32.2. The maximum atomic E-state index is 10.8. The van der Waals surface area contributed by atoms with Crippen molar-refractivity contribution in [2.24, 2.45) is 5.10 Å². The lowest BCUT2D eigenvalue weighted by molar-refractivity contribution is 0.463. The standard InChI is InChI=1S/C14H11N3O3S/c15-9-11-1-3-12(4-2-11)10-16-17-13-5-7-14(8-6-13)21(18,19)20/h1-8,10,17H,(H,18,19,20)/p-1. The molecule has 6 nitrogen and oxygen atoms in total. The van der Waals surface area contributed by atoms with Gasteiger partial charge in [-0.15, -0.1) is 0 Å². The Morgan fingerprint density at radius 2 is 1.71 bits per heavy atom. The van der Waals surface area contributed by atoms with Gasteiger partial charge >= 0.3 is 0 Å². The van der Waals surface area contributed by atoms with E-state index in [-0.39, 0.29) is 4.90 Å². The highest BCUT2D eigenvalue weighted by Gasteiger charge is 1.99. The van der Waals surface area contributed by atoms with Crippen LogP contribution in [0.5, 0.6) is 0 Å². The summed E-state index contributed by atoms with van der Waals surface area (Å²) in [6, 6.07) is 14.2. The molecule has 0 heterocycles. The molecule has 0 saturated heterocycles. The molecule has 0 aromatic heterocycles. The maximum absolute atomic E-state index is 10.8. The number of rotatable bonds is 4. The zero-order chi connectivity index (χ0) is 15.3. The fourth-order valence-electron chi connectivity index (χ4n) is 1.52. The Kier molecular flexibility index (Phi) is 4.33. The van der Waals surface area contributed by atoms with E-state index in [9.17, 15) is 13.0 Å². The van der Waals surface area contributed by atoms with Crippen molar-refractivity contribution in [2.75, 3.05) is 5.43 Å². The van der Waals surface area contributed by atoms with E-state index in [0.717, 1.165) is 5.56 Å². The predicted molar refractivity (Wildman–Crippen MR) is 76.8 cm³/mol. The summed E-state index contributed by atoms with van der Waals surface area (Å²) in [6.45, 7) is 0. The van der Waals surface area contributed by atoms with Gasteiger partial charge in [-0.05, 0) is 42.0 Å². The third-order valence-corrected chi connectivity index (χ3v) is 3.44. The molecule has 2 aromatic rings. The van der Waals surface area contributed by atoms with Crippen molar-refractivity contribution >= 4 is 22.0 Å². The second kappa shape index (κ2) is 6.17. The first-order valence-corrected chi connectivity index (χ1v) is 7.25. The number of nitriles is 1. The molecule has 0 aliphatic heterocycles. The van der Waals surface area contributed by atoms with Crippen LogP contribution in [0.3, 0.4) is 0 Å². The number of anilines is 1. The van der Waals surface area contributed by atoms with Crippen LogP contribution in [0.2, 0.25) is 0 Å². The Labute approximate surface area is 122 Å². The minimum absolute atomic E-state index is 0.288. The molecule has 0 spiro atoms. The predicted octanol–water partition coefficient (Wildman–Crippen LogP) is 1.91. The molecule has 0 bridgehead atoms. The molecule has 21 heavy (non-hydrogen) atoms. The molecule has 0 aliphatic carbocycles. The summed E-state index contributed by atoms with van der Waals surface area (Å²) in [7, 11) is -4.43. The van der Waals surface area contributed by atoms with Gasteiger partial charge in [0.1, 0.15) is 10.1 Å². The van der Waals surface area contributed by atoms with Gasteiger partial charge in [0.25, 0.3) is 0 Å². The summed E-state index contributed by atoms with van der Waals surface area (Å²) in [5.74, 6) is 0. The minimum atomic E-state index is -4.43. The van der Waals surface area contributed by atoms with Gasteiger partial charge in [-0.1, -0.05) is 12.1 Å².